The van der Waals surface area contributed by atoms with Gasteiger partial charge in [-0.1, -0.05) is 0 Å². The summed E-state index contributed by atoms with van der Waals surface area (Å²) in [5.74, 6) is -1.41. The summed E-state index contributed by atoms with van der Waals surface area (Å²) in [7, 11) is -14.8. The molecule has 5 N–H and O–H groups in total. The van der Waals surface area contributed by atoms with Crippen LogP contribution in [0.25, 0.3) is 0 Å². The van der Waals surface area contributed by atoms with Crippen molar-refractivity contribution in [2.75, 3.05) is 20.3 Å². The molecule has 3 rings (SSSR count). The Balaban J connectivity index is 1.76. The van der Waals surface area contributed by atoms with Crippen LogP contribution in [0.4, 0.5) is 0 Å². The van der Waals surface area contributed by atoms with Crippen LogP contribution in [0.2, 0.25) is 0 Å². The monoisotopic (exact) mass is 554 g/mol. The van der Waals surface area contributed by atoms with Crippen LogP contribution in [0.1, 0.15) is 6.23 Å². The molecule has 192 valence electrons. The predicted molar refractivity (Wildman–Crippen MR) is 101 cm³/mol. The Morgan fingerprint density at radius 2 is 1.74 bits per heavy atom. The largest absolute Gasteiger partial charge is 0.492 e. The van der Waals surface area contributed by atoms with Crippen molar-refractivity contribution in [3.63, 3.8) is 0 Å². The van der Waals surface area contributed by atoms with Gasteiger partial charge in [-0.05, 0) is 0 Å². The molecular weight excluding hydrogens is 537 g/mol. The number of aromatic amines is 1. The summed E-state index contributed by atoms with van der Waals surface area (Å²) in [6, 6.07) is 0. The molecule has 0 amide bonds. The van der Waals surface area contributed by atoms with Gasteiger partial charge < -0.3 is 34.2 Å². The van der Waals surface area contributed by atoms with Gasteiger partial charge in [-0.15, -0.1) is 0 Å². The minimum atomic E-state index is -5.32. The smallest absolute Gasteiger partial charge is 0.475 e. The van der Waals surface area contributed by atoms with Gasteiger partial charge in [0.05, 0.1) is 19.9 Å². The number of aliphatic hydroxyl groups is 2. The van der Waals surface area contributed by atoms with E-state index < -0.39 is 84.2 Å². The zero-order chi connectivity index (χ0) is 25.5. The third-order valence-corrected chi connectivity index (χ3v) is 9.50. The fraction of sp³-hybridized carbons (Fsp3) is 0.583. The van der Waals surface area contributed by atoms with Gasteiger partial charge >= 0.3 is 35.1 Å². The molecule has 22 heteroatoms. The third-order valence-electron chi connectivity index (χ3n) is 4.13. The number of aromatic nitrogens is 2. The average Bonchev–Trinajstić information content (AvgIpc) is 2.97. The van der Waals surface area contributed by atoms with E-state index >= 15 is 0 Å². The van der Waals surface area contributed by atoms with E-state index in [4.69, 9.17) is 9.47 Å². The molecule has 2 aliphatic rings. The summed E-state index contributed by atoms with van der Waals surface area (Å²) in [5.41, 5.74) is -2.16. The standard InChI is InChI=1S/C12H17N2O17P3/c1-25-7(15)4-26-5-2-14(12(19)13-10(5)18)11-9(17)8(16)6(28-11)3-27-34(24)30-32(20,21)29-33(22,23)31-34/h2,6,8-9,11,16-17H,3-4H2,1H3,(H,20,21)(H,22,23)(H,13,18,19)/t6-,8+,9?,11-/m1/s1. The van der Waals surface area contributed by atoms with Crippen LogP contribution in [0.15, 0.2) is 15.8 Å². The van der Waals surface area contributed by atoms with Crippen molar-refractivity contribution in [2.45, 2.75) is 24.5 Å². The van der Waals surface area contributed by atoms with Crippen LogP contribution in [0.3, 0.4) is 0 Å². The van der Waals surface area contributed by atoms with Crippen molar-refractivity contribution < 1.29 is 70.2 Å². The molecule has 3 heterocycles. The van der Waals surface area contributed by atoms with Crippen molar-refractivity contribution in [1.82, 2.24) is 9.55 Å². The Labute approximate surface area is 187 Å². The SMILES string of the molecule is COC(=O)COc1cn([C@@H]2O[C@H](COP3(=O)OP(=O)(O)OP(=O)(O)O3)[C@H](O)C2O)c(=O)[nH]c1=O. The van der Waals surface area contributed by atoms with Crippen LogP contribution in [-0.4, -0.2) is 74.2 Å². The average molecular weight is 554 g/mol. The molecule has 0 spiro atoms. The number of aliphatic hydroxyl groups excluding tert-OH is 2. The Morgan fingerprint density at radius 1 is 1.12 bits per heavy atom. The number of hydrogen-bond donors (Lipinski definition) is 5. The van der Waals surface area contributed by atoms with Crippen molar-refractivity contribution in [3.8, 4) is 5.75 Å². The van der Waals surface area contributed by atoms with Crippen LogP contribution in [0.5, 0.6) is 5.75 Å². The minimum Gasteiger partial charge on any atom is -0.475 e. The number of nitrogens with zero attached hydrogens (tertiary/aromatic N) is 1. The molecule has 0 saturated carbocycles. The van der Waals surface area contributed by atoms with Gasteiger partial charge in [-0.2, -0.15) is 12.9 Å². The number of phosphoric acid groups is 3. The first kappa shape index (κ1) is 26.9. The molecule has 0 aliphatic carbocycles. The molecule has 1 aromatic rings. The molecule has 19 nitrogen and oxygen atoms in total. The lowest BCUT2D eigenvalue weighted by atomic mass is 10.1. The fourth-order valence-electron chi connectivity index (χ4n) is 2.69. The highest BCUT2D eigenvalue weighted by molar-refractivity contribution is 7.74. The van der Waals surface area contributed by atoms with Gasteiger partial charge in [0.15, 0.2) is 12.8 Å². The van der Waals surface area contributed by atoms with E-state index in [1.807, 2.05) is 4.98 Å². The van der Waals surface area contributed by atoms with Gasteiger partial charge in [-0.25, -0.2) is 23.3 Å². The van der Waals surface area contributed by atoms with Crippen molar-refractivity contribution in [1.29, 1.82) is 0 Å². The molecule has 1 aromatic heterocycles. The highest BCUT2D eigenvalue weighted by Gasteiger charge is 2.55. The van der Waals surface area contributed by atoms with E-state index in [1.54, 1.807) is 0 Å². The van der Waals surface area contributed by atoms with E-state index in [-0.39, 0.29) is 0 Å². The molecular formula is C12H17N2O17P3. The second-order valence-electron chi connectivity index (χ2n) is 6.50. The van der Waals surface area contributed by atoms with E-state index in [2.05, 4.69) is 22.2 Å². The Morgan fingerprint density at radius 3 is 2.32 bits per heavy atom. The number of carbonyl (C=O) groups excluding carboxylic acids is 1. The van der Waals surface area contributed by atoms with Gasteiger partial charge in [0, 0.05) is 0 Å². The van der Waals surface area contributed by atoms with Crippen LogP contribution in [-0.2, 0) is 45.4 Å². The van der Waals surface area contributed by atoms with Gasteiger partial charge in [-0.3, -0.25) is 18.9 Å². The molecule has 0 aromatic carbocycles. The summed E-state index contributed by atoms with van der Waals surface area (Å²) in [5, 5.41) is 20.5. The van der Waals surface area contributed by atoms with Crippen molar-refractivity contribution in [3.05, 3.63) is 27.0 Å². The zero-order valence-corrected chi connectivity index (χ0v) is 19.4. The molecule has 0 bridgehead atoms. The highest BCUT2D eigenvalue weighted by atomic mass is 31.3. The normalized spacial score (nSPS) is 37.9. The maximum absolute atomic E-state index is 12.3. The lowest BCUT2D eigenvalue weighted by Gasteiger charge is -2.27. The molecule has 2 aliphatic heterocycles. The summed E-state index contributed by atoms with van der Waals surface area (Å²) in [4.78, 5) is 55.5. The maximum Gasteiger partial charge on any atom is 0.492 e. The van der Waals surface area contributed by atoms with E-state index in [9.17, 15) is 48.1 Å². The number of rotatable bonds is 7. The number of esters is 1. The number of methoxy groups -OCH3 is 1. The summed E-state index contributed by atoms with van der Waals surface area (Å²) >= 11 is 0. The minimum absolute atomic E-state index is 0.555. The van der Waals surface area contributed by atoms with Crippen molar-refractivity contribution in [2.24, 2.45) is 0 Å². The maximum atomic E-state index is 12.3. The fourth-order valence-corrected chi connectivity index (χ4v) is 7.63. The summed E-state index contributed by atoms with van der Waals surface area (Å²) in [6.45, 7) is -1.72. The topological polar surface area (TPSA) is 269 Å². The number of ether oxygens (including phenoxy) is 3. The van der Waals surface area contributed by atoms with Crippen molar-refractivity contribution >= 4 is 29.4 Å². The second-order valence-corrected chi connectivity index (χ2v) is 11.5. The predicted octanol–water partition coefficient (Wildman–Crippen LogP) is -1.90. The Kier molecular flexibility index (Phi) is 7.69. The van der Waals surface area contributed by atoms with Crippen LogP contribution >= 0.6 is 23.5 Å². The molecule has 34 heavy (non-hydrogen) atoms. The van der Waals surface area contributed by atoms with Crippen LogP contribution < -0.4 is 16.0 Å². The number of hydrogen-bond acceptors (Lipinski definition) is 15. The highest BCUT2D eigenvalue weighted by Crippen LogP contribution is 2.80. The summed E-state index contributed by atoms with van der Waals surface area (Å²) < 4.78 is 66.8. The molecule has 6 atom stereocenters. The Bertz CT molecular complexity index is 1180. The molecule has 2 saturated heterocycles. The lowest BCUT2D eigenvalue weighted by Crippen LogP contribution is -2.38. The quantitative estimate of drug-likeness (QED) is 0.182. The van der Waals surface area contributed by atoms with Crippen LogP contribution in [0, 0.1) is 0 Å². The molecule has 2 fully saturated rings. The number of nitrogens with one attached hydrogen (secondary N) is 1. The molecule has 3 unspecified atom stereocenters. The summed E-state index contributed by atoms with van der Waals surface area (Å²) in [6.07, 6.45) is -6.26. The number of H-pyrrole nitrogens is 1. The zero-order valence-electron chi connectivity index (χ0n) is 16.7. The Hall–Kier alpha value is -1.72. The second kappa shape index (κ2) is 9.73. The molecule has 0 radical (unpaired) electrons. The van der Waals surface area contributed by atoms with E-state index in [0.29, 0.717) is 4.57 Å². The van der Waals surface area contributed by atoms with Gasteiger partial charge in [0.2, 0.25) is 5.75 Å². The van der Waals surface area contributed by atoms with E-state index in [0.717, 1.165) is 13.3 Å². The third kappa shape index (κ3) is 6.09. The van der Waals surface area contributed by atoms with Gasteiger partial charge in [0.25, 0.3) is 5.56 Å². The lowest BCUT2D eigenvalue weighted by molar-refractivity contribution is -0.143. The number of carbonyl (C=O) groups is 1. The first-order chi connectivity index (χ1) is 15.7. The van der Waals surface area contributed by atoms with E-state index in [1.165, 1.54) is 0 Å². The van der Waals surface area contributed by atoms with Gasteiger partial charge in [0.1, 0.15) is 18.3 Å². The first-order valence-corrected chi connectivity index (χ1v) is 13.2. The first-order valence-electron chi connectivity index (χ1n) is 8.76.